The second kappa shape index (κ2) is 9.19. The average Bonchev–Trinajstić information content (AvgIpc) is 2.66. The van der Waals surface area contributed by atoms with Crippen LogP contribution in [0, 0.1) is 6.92 Å². The second-order valence-electron chi connectivity index (χ2n) is 7.25. The van der Waals surface area contributed by atoms with Gasteiger partial charge in [-0.25, -0.2) is 9.97 Å². The Balaban J connectivity index is 1.86. The Morgan fingerprint density at radius 3 is 2.41 bits per heavy atom. The van der Waals surface area contributed by atoms with Gasteiger partial charge in [-0.15, -0.1) is 0 Å². The van der Waals surface area contributed by atoms with Crippen LogP contribution in [0.3, 0.4) is 0 Å². The zero-order valence-electron chi connectivity index (χ0n) is 17.3. The summed E-state index contributed by atoms with van der Waals surface area (Å²) >= 11 is 0. The molecule has 0 aliphatic rings. The van der Waals surface area contributed by atoms with Gasteiger partial charge >= 0.3 is 0 Å². The van der Waals surface area contributed by atoms with Crippen molar-refractivity contribution in [1.82, 2.24) is 9.97 Å². The summed E-state index contributed by atoms with van der Waals surface area (Å²) in [6, 6.07) is 20.2. The molecule has 0 aliphatic heterocycles. The molecule has 0 fully saturated rings. The quantitative estimate of drug-likeness (QED) is 0.601. The molecular weight excluding hydrogens is 362 g/mol. The number of benzene rings is 2. The van der Waals surface area contributed by atoms with E-state index in [-0.39, 0.29) is 11.9 Å². The lowest BCUT2D eigenvalue weighted by Crippen LogP contribution is -2.31. The fourth-order valence-electron chi connectivity index (χ4n) is 3.10. The molecule has 1 amide bonds. The Bertz CT molecular complexity index is 972. The first-order chi connectivity index (χ1) is 13.9. The van der Waals surface area contributed by atoms with Crippen molar-refractivity contribution in [3.05, 3.63) is 72.1 Å². The third kappa shape index (κ3) is 5.78. The molecule has 0 spiro atoms. The highest BCUT2D eigenvalue weighted by Gasteiger charge is 2.15. The Labute approximate surface area is 172 Å². The van der Waals surface area contributed by atoms with E-state index in [9.17, 15) is 4.79 Å². The number of anilines is 4. The van der Waals surface area contributed by atoms with E-state index in [1.807, 2.05) is 55.5 Å². The van der Waals surface area contributed by atoms with Gasteiger partial charge in [-0.3, -0.25) is 4.79 Å². The van der Waals surface area contributed by atoms with Crippen LogP contribution in [0.1, 0.15) is 32.2 Å². The van der Waals surface area contributed by atoms with Gasteiger partial charge in [0.1, 0.15) is 17.5 Å². The van der Waals surface area contributed by atoms with Crippen molar-refractivity contribution in [2.75, 3.05) is 15.5 Å². The van der Waals surface area contributed by atoms with Crippen molar-refractivity contribution in [3.8, 4) is 0 Å². The number of aryl methyl sites for hydroxylation is 1. The van der Waals surface area contributed by atoms with Crippen LogP contribution in [0.4, 0.5) is 23.0 Å². The smallest absolute Gasteiger partial charge is 0.221 e. The molecule has 2 aromatic carbocycles. The normalized spacial score (nSPS) is 10.7. The van der Waals surface area contributed by atoms with Gasteiger partial charge in [0.15, 0.2) is 0 Å². The SMILES string of the molecule is CC(=O)Nc1cccc(Nc2cc(N(Cc3ccccc3)C(C)C)nc(C)n2)c1. The highest BCUT2D eigenvalue weighted by atomic mass is 16.1. The average molecular weight is 390 g/mol. The summed E-state index contributed by atoms with van der Waals surface area (Å²) in [6.07, 6.45) is 0. The summed E-state index contributed by atoms with van der Waals surface area (Å²) in [6.45, 7) is 8.47. The number of amides is 1. The van der Waals surface area contributed by atoms with E-state index in [1.165, 1.54) is 12.5 Å². The summed E-state index contributed by atoms with van der Waals surface area (Å²) in [5.41, 5.74) is 2.82. The Hall–Kier alpha value is -3.41. The molecule has 0 bridgehead atoms. The minimum atomic E-state index is -0.101. The number of nitrogens with one attached hydrogen (secondary N) is 2. The highest BCUT2D eigenvalue weighted by Crippen LogP contribution is 2.24. The van der Waals surface area contributed by atoms with Gasteiger partial charge in [-0.05, 0) is 44.5 Å². The number of hydrogen-bond donors (Lipinski definition) is 2. The van der Waals surface area contributed by atoms with Crippen LogP contribution in [0.25, 0.3) is 0 Å². The van der Waals surface area contributed by atoms with Crippen LogP contribution in [0.5, 0.6) is 0 Å². The Kier molecular flexibility index (Phi) is 6.44. The van der Waals surface area contributed by atoms with Crippen molar-refractivity contribution < 1.29 is 4.79 Å². The lowest BCUT2D eigenvalue weighted by Gasteiger charge is -2.28. The van der Waals surface area contributed by atoms with Gasteiger partial charge in [0.05, 0.1) is 0 Å². The molecule has 150 valence electrons. The maximum absolute atomic E-state index is 11.3. The number of rotatable bonds is 7. The lowest BCUT2D eigenvalue weighted by molar-refractivity contribution is -0.114. The number of aromatic nitrogens is 2. The first-order valence-electron chi connectivity index (χ1n) is 9.71. The first-order valence-corrected chi connectivity index (χ1v) is 9.71. The molecule has 0 saturated carbocycles. The molecular formula is C23H27N5O. The van der Waals surface area contributed by atoms with Crippen molar-refractivity contribution >= 4 is 28.9 Å². The summed E-state index contributed by atoms with van der Waals surface area (Å²) < 4.78 is 0. The molecule has 29 heavy (non-hydrogen) atoms. The third-order valence-electron chi connectivity index (χ3n) is 4.39. The van der Waals surface area contributed by atoms with Gasteiger partial charge < -0.3 is 15.5 Å². The molecule has 0 unspecified atom stereocenters. The molecule has 0 saturated heterocycles. The van der Waals surface area contributed by atoms with E-state index in [4.69, 9.17) is 0 Å². The molecule has 6 nitrogen and oxygen atoms in total. The zero-order chi connectivity index (χ0) is 20.8. The standard InChI is InChI=1S/C23H27N5O/c1-16(2)28(15-19-9-6-5-7-10-19)23-14-22(24-17(3)25-23)27-21-12-8-11-20(13-21)26-18(4)29/h5-14,16H,15H2,1-4H3,(H,26,29)(H,24,25,27). The summed E-state index contributed by atoms with van der Waals surface area (Å²) in [5.74, 6) is 2.18. The summed E-state index contributed by atoms with van der Waals surface area (Å²) in [5, 5.41) is 6.12. The van der Waals surface area contributed by atoms with Crippen LogP contribution < -0.4 is 15.5 Å². The fourth-order valence-corrected chi connectivity index (χ4v) is 3.10. The van der Waals surface area contributed by atoms with E-state index in [1.54, 1.807) is 0 Å². The summed E-state index contributed by atoms with van der Waals surface area (Å²) in [7, 11) is 0. The van der Waals surface area contributed by atoms with Crippen molar-refractivity contribution in [2.24, 2.45) is 0 Å². The predicted octanol–water partition coefficient (Wildman–Crippen LogP) is 4.90. The maximum atomic E-state index is 11.3. The van der Waals surface area contributed by atoms with E-state index in [0.717, 1.165) is 23.7 Å². The van der Waals surface area contributed by atoms with E-state index >= 15 is 0 Å². The first kappa shape index (κ1) is 20.3. The number of carbonyl (C=O) groups is 1. The van der Waals surface area contributed by atoms with Crippen LogP contribution in [0.2, 0.25) is 0 Å². The van der Waals surface area contributed by atoms with E-state index in [2.05, 4.69) is 51.5 Å². The minimum Gasteiger partial charge on any atom is -0.350 e. The number of hydrogen-bond acceptors (Lipinski definition) is 5. The zero-order valence-corrected chi connectivity index (χ0v) is 17.3. The van der Waals surface area contributed by atoms with Crippen molar-refractivity contribution in [1.29, 1.82) is 0 Å². The molecule has 0 atom stereocenters. The second-order valence-corrected chi connectivity index (χ2v) is 7.25. The van der Waals surface area contributed by atoms with Crippen LogP contribution in [-0.4, -0.2) is 21.9 Å². The minimum absolute atomic E-state index is 0.101. The lowest BCUT2D eigenvalue weighted by atomic mass is 10.2. The molecule has 1 aromatic heterocycles. The topological polar surface area (TPSA) is 70.2 Å². The molecule has 2 N–H and O–H groups in total. The molecule has 0 aliphatic carbocycles. The maximum Gasteiger partial charge on any atom is 0.221 e. The van der Waals surface area contributed by atoms with Crippen LogP contribution in [-0.2, 0) is 11.3 Å². The van der Waals surface area contributed by atoms with Crippen molar-refractivity contribution in [3.63, 3.8) is 0 Å². The predicted molar refractivity (Wildman–Crippen MR) is 119 cm³/mol. The summed E-state index contributed by atoms with van der Waals surface area (Å²) in [4.78, 5) is 22.8. The van der Waals surface area contributed by atoms with Crippen molar-refractivity contribution in [2.45, 2.75) is 40.3 Å². The van der Waals surface area contributed by atoms with Crippen LogP contribution >= 0.6 is 0 Å². The van der Waals surface area contributed by atoms with Crippen LogP contribution in [0.15, 0.2) is 60.7 Å². The molecule has 6 heteroatoms. The van der Waals surface area contributed by atoms with Gasteiger partial charge in [-0.2, -0.15) is 0 Å². The molecule has 3 rings (SSSR count). The monoisotopic (exact) mass is 389 g/mol. The molecule has 1 heterocycles. The number of carbonyl (C=O) groups excluding carboxylic acids is 1. The molecule has 0 radical (unpaired) electrons. The van der Waals surface area contributed by atoms with E-state index in [0.29, 0.717) is 11.6 Å². The Morgan fingerprint density at radius 2 is 1.72 bits per heavy atom. The highest BCUT2D eigenvalue weighted by molar-refractivity contribution is 5.89. The van der Waals surface area contributed by atoms with Gasteiger partial charge in [0.25, 0.3) is 0 Å². The molecule has 3 aromatic rings. The largest absolute Gasteiger partial charge is 0.350 e. The van der Waals surface area contributed by atoms with E-state index < -0.39 is 0 Å². The fraction of sp³-hybridized carbons (Fsp3) is 0.261. The Morgan fingerprint density at radius 1 is 1.00 bits per heavy atom. The van der Waals surface area contributed by atoms with Gasteiger partial charge in [0.2, 0.25) is 5.91 Å². The van der Waals surface area contributed by atoms with Gasteiger partial charge in [-0.1, -0.05) is 36.4 Å². The third-order valence-corrected chi connectivity index (χ3v) is 4.39. The van der Waals surface area contributed by atoms with Gasteiger partial charge in [0, 0.05) is 37.0 Å². The number of nitrogens with zero attached hydrogens (tertiary/aromatic N) is 3.